The van der Waals surface area contributed by atoms with Gasteiger partial charge in [-0.2, -0.15) is 0 Å². The summed E-state index contributed by atoms with van der Waals surface area (Å²) in [5.74, 6) is 1.60. The smallest absolute Gasteiger partial charge is 0.238 e. The van der Waals surface area contributed by atoms with E-state index in [4.69, 9.17) is 14.3 Å². The molecule has 0 radical (unpaired) electrons. The molecule has 0 spiro atoms. The van der Waals surface area contributed by atoms with Crippen LogP contribution in [0.1, 0.15) is 5.56 Å². The molecule has 0 bridgehead atoms. The Morgan fingerprint density at radius 1 is 1.11 bits per heavy atom. The molecule has 0 unspecified atom stereocenters. The zero-order valence-corrected chi connectivity index (χ0v) is 20.4. The van der Waals surface area contributed by atoms with Crippen molar-refractivity contribution in [3.05, 3.63) is 72.5 Å². The van der Waals surface area contributed by atoms with Gasteiger partial charge in [-0.1, -0.05) is 36.0 Å². The molecule has 0 saturated carbocycles. The van der Waals surface area contributed by atoms with Crippen LogP contribution in [-0.2, 0) is 21.2 Å². The topological polar surface area (TPSA) is 142 Å². The predicted molar refractivity (Wildman–Crippen MR) is 131 cm³/mol. The Morgan fingerprint density at radius 3 is 2.57 bits per heavy atom. The number of nitrogens with one attached hydrogen (secondary N) is 1. The Bertz CT molecular complexity index is 1400. The molecule has 182 valence electrons. The van der Waals surface area contributed by atoms with Crippen LogP contribution in [0.2, 0.25) is 0 Å². The molecule has 4 rings (SSSR count). The Morgan fingerprint density at radius 2 is 1.89 bits per heavy atom. The summed E-state index contributed by atoms with van der Waals surface area (Å²) >= 11 is 1.24. The van der Waals surface area contributed by atoms with Gasteiger partial charge >= 0.3 is 0 Å². The molecule has 0 aliphatic carbocycles. The normalized spacial score (nSPS) is 11.4. The summed E-state index contributed by atoms with van der Waals surface area (Å²) in [4.78, 5) is 12.5. The van der Waals surface area contributed by atoms with Gasteiger partial charge < -0.3 is 14.5 Å². The molecular formula is C23H23N5O5S2. The molecule has 12 heteroatoms. The molecule has 2 heterocycles. The number of ether oxygens (including phenoxy) is 1. The summed E-state index contributed by atoms with van der Waals surface area (Å²) < 4.78 is 35.5. The third-order valence-electron chi connectivity index (χ3n) is 5.02. The number of nitrogens with zero attached hydrogens (tertiary/aromatic N) is 3. The van der Waals surface area contributed by atoms with E-state index < -0.39 is 10.0 Å². The van der Waals surface area contributed by atoms with Gasteiger partial charge in [-0.05, 0) is 48.4 Å². The van der Waals surface area contributed by atoms with Gasteiger partial charge in [0, 0.05) is 6.54 Å². The van der Waals surface area contributed by atoms with Crippen LogP contribution in [0.25, 0.3) is 17.3 Å². The number of methoxy groups -OCH3 is 1. The van der Waals surface area contributed by atoms with Gasteiger partial charge in [0.25, 0.3) is 0 Å². The van der Waals surface area contributed by atoms with Crippen molar-refractivity contribution >= 4 is 27.7 Å². The van der Waals surface area contributed by atoms with Gasteiger partial charge in [-0.3, -0.25) is 9.36 Å². The number of benzene rings is 2. The van der Waals surface area contributed by atoms with Gasteiger partial charge in [0.05, 0.1) is 29.7 Å². The van der Waals surface area contributed by atoms with Gasteiger partial charge in [0.15, 0.2) is 10.9 Å². The number of thioether (sulfide) groups is 1. The first-order valence-corrected chi connectivity index (χ1v) is 13.0. The lowest BCUT2D eigenvalue weighted by Gasteiger charge is -2.13. The fourth-order valence-corrected chi connectivity index (χ4v) is 4.62. The van der Waals surface area contributed by atoms with Crippen LogP contribution >= 0.6 is 11.8 Å². The minimum Gasteiger partial charge on any atom is -0.495 e. The lowest BCUT2D eigenvalue weighted by molar-refractivity contribution is -0.118. The molecule has 0 saturated heterocycles. The van der Waals surface area contributed by atoms with Crippen molar-refractivity contribution < 1.29 is 22.4 Å². The number of aromatic nitrogens is 3. The quantitative estimate of drug-likeness (QED) is 0.308. The molecule has 2 aromatic carbocycles. The third kappa shape index (κ3) is 5.91. The number of hydrogen-bond acceptors (Lipinski definition) is 8. The zero-order valence-electron chi connectivity index (χ0n) is 18.7. The van der Waals surface area contributed by atoms with E-state index in [0.717, 1.165) is 11.3 Å². The lowest BCUT2D eigenvalue weighted by Crippen LogP contribution is -2.27. The average molecular weight is 514 g/mol. The molecule has 1 amide bonds. The molecule has 2 aromatic heterocycles. The molecule has 35 heavy (non-hydrogen) atoms. The molecule has 3 N–H and O–H groups in total. The SMILES string of the molecule is COc1ccccc1-n1c(SCC(=O)NCCc2ccc(S(N)(=O)=O)cc2)nnc1-c1ccco1. The third-order valence-corrected chi connectivity index (χ3v) is 6.88. The van der Waals surface area contributed by atoms with Crippen molar-refractivity contribution in [2.45, 2.75) is 16.5 Å². The average Bonchev–Trinajstić information content (AvgIpc) is 3.52. The van der Waals surface area contributed by atoms with Crippen molar-refractivity contribution in [1.82, 2.24) is 20.1 Å². The number of primary sulfonamides is 1. The van der Waals surface area contributed by atoms with E-state index in [0.29, 0.717) is 35.5 Å². The molecule has 10 nitrogen and oxygen atoms in total. The summed E-state index contributed by atoms with van der Waals surface area (Å²) in [7, 11) is -2.15. The van der Waals surface area contributed by atoms with Crippen LogP contribution in [0.4, 0.5) is 0 Å². The second-order valence-corrected chi connectivity index (χ2v) is 9.87. The summed E-state index contributed by atoms with van der Waals surface area (Å²) in [6.45, 7) is 0.394. The molecule has 0 fully saturated rings. The minimum atomic E-state index is -3.73. The number of carbonyl (C=O) groups is 1. The Kier molecular flexibility index (Phi) is 7.54. The highest BCUT2D eigenvalue weighted by atomic mass is 32.2. The Labute approximate surface area is 206 Å². The van der Waals surface area contributed by atoms with Crippen LogP contribution < -0.4 is 15.2 Å². The number of para-hydroxylation sites is 2. The van der Waals surface area contributed by atoms with Gasteiger partial charge in [-0.25, -0.2) is 13.6 Å². The lowest BCUT2D eigenvalue weighted by atomic mass is 10.1. The van der Waals surface area contributed by atoms with Crippen molar-refractivity contribution in [2.75, 3.05) is 19.4 Å². The van der Waals surface area contributed by atoms with Crippen molar-refractivity contribution in [3.63, 3.8) is 0 Å². The van der Waals surface area contributed by atoms with Crippen LogP contribution in [0.15, 0.2) is 81.4 Å². The second-order valence-electron chi connectivity index (χ2n) is 7.37. The Hall–Kier alpha value is -3.61. The van der Waals surface area contributed by atoms with Crippen LogP contribution in [0.3, 0.4) is 0 Å². The maximum Gasteiger partial charge on any atom is 0.238 e. The number of hydrogen-bond donors (Lipinski definition) is 2. The van der Waals surface area contributed by atoms with Crippen molar-refractivity contribution in [1.29, 1.82) is 0 Å². The van der Waals surface area contributed by atoms with Gasteiger partial charge in [0.1, 0.15) is 5.75 Å². The van der Waals surface area contributed by atoms with E-state index in [1.807, 2.05) is 24.3 Å². The number of amides is 1. The van der Waals surface area contributed by atoms with Crippen LogP contribution in [-0.4, -0.2) is 48.5 Å². The largest absolute Gasteiger partial charge is 0.495 e. The highest BCUT2D eigenvalue weighted by Crippen LogP contribution is 2.32. The summed E-state index contributed by atoms with van der Waals surface area (Å²) in [5.41, 5.74) is 1.60. The first-order valence-electron chi connectivity index (χ1n) is 10.5. The maximum atomic E-state index is 12.5. The fourth-order valence-electron chi connectivity index (χ4n) is 3.33. The number of carbonyl (C=O) groups excluding carboxylic acids is 1. The zero-order chi connectivity index (χ0) is 24.8. The number of furan rings is 1. The van der Waals surface area contributed by atoms with Crippen LogP contribution in [0, 0.1) is 0 Å². The van der Waals surface area contributed by atoms with E-state index in [9.17, 15) is 13.2 Å². The summed E-state index contributed by atoms with van der Waals surface area (Å²) in [6.07, 6.45) is 2.10. The highest BCUT2D eigenvalue weighted by molar-refractivity contribution is 7.99. The van der Waals surface area contributed by atoms with E-state index in [1.54, 1.807) is 42.2 Å². The highest BCUT2D eigenvalue weighted by Gasteiger charge is 2.21. The molecule has 0 aliphatic heterocycles. The predicted octanol–water partition coefficient (Wildman–Crippen LogP) is 2.63. The van der Waals surface area contributed by atoms with Gasteiger partial charge in [-0.15, -0.1) is 10.2 Å². The summed E-state index contributed by atoms with van der Waals surface area (Å²) in [5, 5.41) is 17.0. The first kappa shape index (κ1) is 24.5. The van der Waals surface area contributed by atoms with E-state index in [1.165, 1.54) is 23.9 Å². The van der Waals surface area contributed by atoms with Gasteiger partial charge in [0.2, 0.25) is 21.8 Å². The monoisotopic (exact) mass is 513 g/mol. The minimum absolute atomic E-state index is 0.0507. The summed E-state index contributed by atoms with van der Waals surface area (Å²) in [6, 6.07) is 17.2. The number of nitrogens with two attached hydrogens (primary N) is 1. The Balaban J connectivity index is 1.42. The first-order chi connectivity index (χ1) is 16.9. The molecule has 4 aromatic rings. The fraction of sp³-hybridized carbons (Fsp3) is 0.174. The van der Waals surface area contributed by atoms with E-state index in [2.05, 4.69) is 15.5 Å². The number of sulfonamides is 1. The standard InChI is InChI=1S/C23H23N5O5S2/c1-32-19-6-3-2-5-18(19)28-22(20-7-4-14-33-20)26-27-23(28)34-15-21(29)25-13-12-16-8-10-17(11-9-16)35(24,30)31/h2-11,14H,12-13,15H2,1H3,(H,25,29)(H2,24,30,31). The van der Waals surface area contributed by atoms with Crippen molar-refractivity contribution in [2.24, 2.45) is 5.14 Å². The maximum absolute atomic E-state index is 12.5. The van der Waals surface area contributed by atoms with Crippen molar-refractivity contribution in [3.8, 4) is 23.0 Å². The van der Waals surface area contributed by atoms with E-state index in [-0.39, 0.29) is 16.6 Å². The molecule has 0 atom stereocenters. The number of rotatable bonds is 10. The molecule has 0 aliphatic rings. The van der Waals surface area contributed by atoms with E-state index >= 15 is 0 Å². The van der Waals surface area contributed by atoms with Crippen LogP contribution in [0.5, 0.6) is 5.75 Å². The molecular weight excluding hydrogens is 490 g/mol. The second kappa shape index (κ2) is 10.8.